The molecule has 0 radical (unpaired) electrons. The fraction of sp³-hybridized carbons (Fsp3) is 0.350. The molecule has 1 aliphatic heterocycles. The molecule has 27 heavy (non-hydrogen) atoms. The second-order valence-corrected chi connectivity index (χ2v) is 6.59. The first-order valence-corrected chi connectivity index (χ1v) is 8.87. The fourth-order valence-corrected chi connectivity index (χ4v) is 4.08. The van der Waals surface area contributed by atoms with Crippen LogP contribution in [0.3, 0.4) is 0 Å². The lowest BCUT2D eigenvalue weighted by Crippen LogP contribution is -2.30. The summed E-state index contributed by atoms with van der Waals surface area (Å²) in [6.45, 7) is 1.93. The maximum Gasteiger partial charge on any atom is 0.356 e. The summed E-state index contributed by atoms with van der Waals surface area (Å²) in [6, 6.07) is 7.38. The number of aryl methyl sites for hydroxylation is 2. The number of imidazole rings is 1. The third kappa shape index (κ3) is 2.31. The minimum atomic E-state index is -0.662. The topological polar surface area (TPSA) is 75.3 Å². The van der Waals surface area contributed by atoms with Crippen LogP contribution in [0.5, 0.6) is 0 Å². The highest BCUT2D eigenvalue weighted by Gasteiger charge is 2.39. The Morgan fingerprint density at radius 2 is 1.96 bits per heavy atom. The van der Waals surface area contributed by atoms with E-state index < -0.39 is 18.0 Å². The molecule has 0 amide bonds. The van der Waals surface area contributed by atoms with Crippen molar-refractivity contribution in [2.75, 3.05) is 14.2 Å². The van der Waals surface area contributed by atoms with Crippen LogP contribution in [-0.4, -0.2) is 40.3 Å². The third-order valence-corrected chi connectivity index (χ3v) is 5.30. The van der Waals surface area contributed by atoms with Crippen molar-refractivity contribution in [3.63, 3.8) is 0 Å². The number of carbonyl (C=O) groups is 2. The number of fused-ring (bicyclic) bond motifs is 5. The summed E-state index contributed by atoms with van der Waals surface area (Å²) in [5.74, 6) is -0.302. The maximum atomic E-state index is 12.6. The molecule has 7 nitrogen and oxygen atoms in total. The van der Waals surface area contributed by atoms with Gasteiger partial charge in [-0.1, -0.05) is 25.1 Å². The van der Waals surface area contributed by atoms with Gasteiger partial charge in [-0.05, 0) is 18.1 Å². The van der Waals surface area contributed by atoms with E-state index in [1.54, 1.807) is 4.57 Å². The minimum absolute atomic E-state index is 0.321. The van der Waals surface area contributed by atoms with E-state index in [9.17, 15) is 9.59 Å². The van der Waals surface area contributed by atoms with Gasteiger partial charge in [-0.15, -0.1) is 0 Å². The number of methoxy groups -OCH3 is 2. The number of esters is 2. The number of benzene rings is 1. The summed E-state index contributed by atoms with van der Waals surface area (Å²) in [4.78, 5) is 29.9. The highest BCUT2D eigenvalue weighted by atomic mass is 16.5. The molecule has 7 heteroatoms. The lowest BCUT2D eigenvalue weighted by Gasteiger charge is -2.25. The van der Waals surface area contributed by atoms with Crippen LogP contribution in [0.15, 0.2) is 24.3 Å². The molecule has 0 saturated carbocycles. The van der Waals surface area contributed by atoms with Crippen LogP contribution in [-0.2, 0) is 34.2 Å². The predicted molar refractivity (Wildman–Crippen MR) is 99.6 cm³/mol. The molecule has 0 aliphatic carbocycles. The van der Waals surface area contributed by atoms with Crippen LogP contribution >= 0.6 is 0 Å². The van der Waals surface area contributed by atoms with E-state index in [-0.39, 0.29) is 0 Å². The van der Waals surface area contributed by atoms with Crippen LogP contribution in [0.25, 0.3) is 22.4 Å². The lowest BCUT2D eigenvalue weighted by molar-refractivity contribution is -0.144. The van der Waals surface area contributed by atoms with Crippen LogP contribution in [0, 0.1) is 0 Å². The predicted octanol–water partition coefficient (Wildman–Crippen LogP) is 2.66. The van der Waals surface area contributed by atoms with Crippen molar-refractivity contribution in [2.45, 2.75) is 25.8 Å². The summed E-state index contributed by atoms with van der Waals surface area (Å²) in [5, 5.41) is 1.08. The molecule has 0 N–H and O–H groups in total. The average molecular weight is 367 g/mol. The Morgan fingerprint density at radius 1 is 1.22 bits per heavy atom. The summed E-state index contributed by atoms with van der Waals surface area (Å²) < 4.78 is 13.8. The van der Waals surface area contributed by atoms with E-state index in [1.807, 2.05) is 38.2 Å². The van der Waals surface area contributed by atoms with Gasteiger partial charge in [0, 0.05) is 24.4 Å². The molecule has 0 spiro atoms. The summed E-state index contributed by atoms with van der Waals surface area (Å²) in [7, 11) is 4.66. The Labute approximate surface area is 156 Å². The number of nitrogens with zero attached hydrogens (tertiary/aromatic N) is 3. The van der Waals surface area contributed by atoms with Gasteiger partial charge in [0.25, 0.3) is 0 Å². The Morgan fingerprint density at radius 3 is 2.63 bits per heavy atom. The van der Waals surface area contributed by atoms with Crippen LogP contribution < -0.4 is 0 Å². The minimum Gasteiger partial charge on any atom is -0.467 e. The maximum absolute atomic E-state index is 12.6. The molecule has 4 rings (SSSR count). The van der Waals surface area contributed by atoms with Crippen molar-refractivity contribution < 1.29 is 19.1 Å². The van der Waals surface area contributed by atoms with Crippen molar-refractivity contribution >= 4 is 22.8 Å². The molecule has 1 aliphatic rings. The van der Waals surface area contributed by atoms with Gasteiger partial charge in [0.15, 0.2) is 11.5 Å². The molecule has 0 bridgehead atoms. The first kappa shape index (κ1) is 17.3. The average Bonchev–Trinajstić information content (AvgIpc) is 3.22. The number of ether oxygens (including phenoxy) is 2. The Hall–Kier alpha value is -3.09. The van der Waals surface area contributed by atoms with Crippen LogP contribution in [0.4, 0.5) is 0 Å². The largest absolute Gasteiger partial charge is 0.467 e. The van der Waals surface area contributed by atoms with Crippen LogP contribution in [0.2, 0.25) is 0 Å². The van der Waals surface area contributed by atoms with Crippen molar-refractivity contribution in [1.82, 2.24) is 14.1 Å². The van der Waals surface area contributed by atoms with E-state index in [4.69, 9.17) is 14.5 Å². The molecule has 0 saturated heterocycles. The van der Waals surface area contributed by atoms with Crippen molar-refractivity contribution in [3.05, 3.63) is 41.2 Å². The quantitative estimate of drug-likeness (QED) is 0.665. The van der Waals surface area contributed by atoms with Crippen LogP contribution in [0.1, 0.15) is 34.7 Å². The molecule has 1 aromatic carbocycles. The first-order valence-electron chi connectivity index (χ1n) is 8.87. The molecule has 0 fully saturated rings. The van der Waals surface area contributed by atoms with E-state index in [0.717, 1.165) is 22.2 Å². The van der Waals surface area contributed by atoms with Gasteiger partial charge in [-0.25, -0.2) is 14.6 Å². The molecule has 3 heterocycles. The zero-order chi connectivity index (χ0) is 19.3. The van der Waals surface area contributed by atoms with Crippen molar-refractivity contribution in [3.8, 4) is 11.5 Å². The van der Waals surface area contributed by atoms with Crippen molar-refractivity contribution in [1.29, 1.82) is 0 Å². The van der Waals surface area contributed by atoms with Gasteiger partial charge >= 0.3 is 11.9 Å². The monoisotopic (exact) mass is 367 g/mol. The molecule has 140 valence electrons. The first-order chi connectivity index (χ1) is 13.0. The van der Waals surface area contributed by atoms with Gasteiger partial charge < -0.3 is 18.6 Å². The van der Waals surface area contributed by atoms with E-state index >= 15 is 0 Å². The van der Waals surface area contributed by atoms with E-state index in [0.29, 0.717) is 30.1 Å². The highest BCUT2D eigenvalue weighted by Crippen LogP contribution is 2.42. The fourth-order valence-electron chi connectivity index (χ4n) is 4.08. The zero-order valence-electron chi connectivity index (χ0n) is 15.8. The number of rotatable bonds is 3. The lowest BCUT2D eigenvalue weighted by atomic mass is 9.98. The van der Waals surface area contributed by atoms with Gasteiger partial charge in [0.2, 0.25) is 0 Å². The number of carbonyl (C=O) groups excluding carboxylic acids is 2. The van der Waals surface area contributed by atoms with E-state index in [1.165, 1.54) is 14.2 Å². The normalized spacial score (nSPS) is 15.3. The van der Waals surface area contributed by atoms with Gasteiger partial charge in [-0.2, -0.15) is 0 Å². The zero-order valence-corrected chi connectivity index (χ0v) is 15.8. The summed E-state index contributed by atoms with van der Waals surface area (Å²) >= 11 is 0. The van der Waals surface area contributed by atoms with Gasteiger partial charge in [0.05, 0.1) is 25.6 Å². The third-order valence-electron chi connectivity index (χ3n) is 5.30. The highest BCUT2D eigenvalue weighted by molar-refractivity contribution is 5.96. The number of aromatic nitrogens is 3. The van der Waals surface area contributed by atoms with Gasteiger partial charge in [0.1, 0.15) is 6.04 Å². The summed E-state index contributed by atoms with van der Waals surface area (Å²) in [5.41, 5.74) is 3.95. The Bertz CT molecular complexity index is 1080. The second kappa shape index (κ2) is 6.26. The molecule has 3 aromatic rings. The Kier molecular flexibility index (Phi) is 4.02. The molecule has 2 aromatic heterocycles. The molecular formula is C20H21N3O4. The Balaban J connectivity index is 2.10. The molecule has 0 unspecified atom stereocenters. The molecule has 1 atom stereocenters. The number of para-hydroxylation sites is 1. The second-order valence-electron chi connectivity index (χ2n) is 6.59. The van der Waals surface area contributed by atoms with Gasteiger partial charge in [-0.3, -0.25) is 0 Å². The number of hydrogen-bond acceptors (Lipinski definition) is 5. The summed E-state index contributed by atoms with van der Waals surface area (Å²) in [6.07, 6.45) is 0.984. The van der Waals surface area contributed by atoms with Crippen molar-refractivity contribution in [2.24, 2.45) is 7.05 Å². The SMILES string of the molecule is CCc1nc2n(c1C(=O)OC)[C@H](C(=O)OC)Cc1c-2n(C)c2ccccc12. The molecular weight excluding hydrogens is 346 g/mol. The smallest absolute Gasteiger partial charge is 0.356 e. The standard InChI is InChI=1S/C20H21N3O4/c1-5-13-17(20(25)27-4)23-15(19(24)26-3)10-12-11-8-6-7-9-14(11)22(2)16(12)18(23)21-13/h6-9,15H,5,10H2,1-4H3/t15-/m0/s1. The van der Waals surface area contributed by atoms with E-state index in [2.05, 4.69) is 4.57 Å². The number of hydrogen-bond donors (Lipinski definition) is 0.